The normalized spacial score (nSPS) is 12.8. The van der Waals surface area contributed by atoms with Gasteiger partial charge in [0.05, 0.1) is 0 Å². The molecule has 2 rings (SSSR count). The fourth-order valence-electron chi connectivity index (χ4n) is 1.49. The maximum Gasteiger partial charge on any atom is 0.255 e. The molecule has 1 atom stereocenters. The smallest absolute Gasteiger partial charge is 0.255 e. The molecule has 5 heteroatoms. The molecule has 0 aromatic carbocycles. The maximum atomic E-state index is 9.28. The van der Waals surface area contributed by atoms with Gasteiger partial charge in [-0.25, -0.2) is 0 Å². The minimum atomic E-state index is -0.745. The van der Waals surface area contributed by atoms with E-state index in [4.69, 9.17) is 4.52 Å². The maximum absolute atomic E-state index is 9.28. The molecule has 2 aromatic heterocycles. The Morgan fingerprint density at radius 3 is 2.31 bits per heavy atom. The first kappa shape index (κ1) is 10.8. The Morgan fingerprint density at radius 2 is 1.81 bits per heavy atom. The lowest BCUT2D eigenvalue weighted by Crippen LogP contribution is -1.92. The Morgan fingerprint density at radius 1 is 1.19 bits per heavy atom. The van der Waals surface area contributed by atoms with Crippen LogP contribution in [0.2, 0.25) is 0 Å². The molecular weight excluding hydrogens is 206 g/mol. The molecule has 0 spiro atoms. The van der Waals surface area contributed by atoms with Crippen molar-refractivity contribution < 1.29 is 9.63 Å². The van der Waals surface area contributed by atoms with Gasteiger partial charge >= 0.3 is 0 Å². The van der Waals surface area contributed by atoms with Crippen LogP contribution in [0.5, 0.6) is 0 Å². The fourth-order valence-corrected chi connectivity index (χ4v) is 1.49. The number of pyridine rings is 1. The molecule has 0 aliphatic carbocycles. The first-order valence-corrected chi connectivity index (χ1v) is 5.03. The van der Waals surface area contributed by atoms with Gasteiger partial charge in [0.25, 0.3) is 5.89 Å². The van der Waals surface area contributed by atoms with Crippen molar-refractivity contribution in [2.24, 2.45) is 0 Å². The van der Waals surface area contributed by atoms with Gasteiger partial charge in [0.15, 0.2) is 0 Å². The molecule has 0 radical (unpaired) electrons. The van der Waals surface area contributed by atoms with Crippen molar-refractivity contribution in [1.29, 1.82) is 0 Å². The number of aliphatic hydroxyl groups is 1. The van der Waals surface area contributed by atoms with E-state index in [1.807, 2.05) is 26.0 Å². The van der Waals surface area contributed by atoms with E-state index in [-0.39, 0.29) is 5.89 Å². The second-order valence-electron chi connectivity index (χ2n) is 3.77. The SMILES string of the molecule is Cc1cc(-c2noc(C(C)O)n2)cc(C)n1. The lowest BCUT2D eigenvalue weighted by molar-refractivity contribution is 0.152. The van der Waals surface area contributed by atoms with Crippen molar-refractivity contribution in [2.45, 2.75) is 26.9 Å². The summed E-state index contributed by atoms with van der Waals surface area (Å²) in [5.74, 6) is 0.701. The largest absolute Gasteiger partial charge is 0.384 e. The summed E-state index contributed by atoms with van der Waals surface area (Å²) in [5, 5.41) is 13.1. The zero-order chi connectivity index (χ0) is 11.7. The molecule has 16 heavy (non-hydrogen) atoms. The first-order chi connectivity index (χ1) is 7.56. The molecule has 0 aliphatic rings. The van der Waals surface area contributed by atoms with Gasteiger partial charge in [-0.1, -0.05) is 5.16 Å². The van der Waals surface area contributed by atoms with Gasteiger partial charge < -0.3 is 9.63 Å². The van der Waals surface area contributed by atoms with Crippen molar-refractivity contribution in [1.82, 2.24) is 15.1 Å². The summed E-state index contributed by atoms with van der Waals surface area (Å²) >= 11 is 0. The van der Waals surface area contributed by atoms with Crippen molar-refractivity contribution >= 4 is 0 Å². The summed E-state index contributed by atoms with van der Waals surface area (Å²) in [6.07, 6.45) is -0.745. The number of hydrogen-bond donors (Lipinski definition) is 1. The summed E-state index contributed by atoms with van der Waals surface area (Å²) in [5.41, 5.74) is 2.65. The fraction of sp³-hybridized carbons (Fsp3) is 0.364. The molecule has 84 valence electrons. The summed E-state index contributed by atoms with van der Waals surface area (Å²) < 4.78 is 4.93. The highest BCUT2D eigenvalue weighted by Crippen LogP contribution is 2.19. The predicted octanol–water partition coefficient (Wildman–Crippen LogP) is 1.80. The van der Waals surface area contributed by atoms with Gasteiger partial charge in [-0.2, -0.15) is 4.98 Å². The van der Waals surface area contributed by atoms with E-state index < -0.39 is 6.10 Å². The van der Waals surface area contributed by atoms with E-state index in [0.29, 0.717) is 5.82 Å². The van der Waals surface area contributed by atoms with E-state index in [0.717, 1.165) is 17.0 Å². The second kappa shape index (κ2) is 4.02. The van der Waals surface area contributed by atoms with Crippen LogP contribution in [0.15, 0.2) is 16.7 Å². The number of aromatic nitrogens is 3. The van der Waals surface area contributed by atoms with E-state index in [9.17, 15) is 5.11 Å². The van der Waals surface area contributed by atoms with Crippen LogP contribution in [-0.2, 0) is 0 Å². The minimum Gasteiger partial charge on any atom is -0.384 e. The number of hydrogen-bond acceptors (Lipinski definition) is 5. The summed E-state index contributed by atoms with van der Waals surface area (Å²) in [6, 6.07) is 3.76. The van der Waals surface area contributed by atoms with E-state index >= 15 is 0 Å². The average molecular weight is 219 g/mol. The van der Waals surface area contributed by atoms with Crippen molar-refractivity contribution in [3.8, 4) is 11.4 Å². The molecule has 2 heterocycles. The van der Waals surface area contributed by atoms with E-state index in [2.05, 4.69) is 15.1 Å². The van der Waals surface area contributed by atoms with Crippen LogP contribution in [0.1, 0.15) is 30.3 Å². The van der Waals surface area contributed by atoms with Gasteiger partial charge in [-0.3, -0.25) is 4.98 Å². The van der Waals surface area contributed by atoms with E-state index in [1.165, 1.54) is 0 Å². The molecule has 0 bridgehead atoms. The standard InChI is InChI=1S/C11H13N3O2/c1-6-4-9(5-7(2)12-6)10-13-11(8(3)15)16-14-10/h4-5,8,15H,1-3H3. The highest BCUT2D eigenvalue weighted by atomic mass is 16.5. The van der Waals surface area contributed by atoms with Gasteiger partial charge in [0.1, 0.15) is 6.10 Å². The van der Waals surface area contributed by atoms with Gasteiger partial charge in [-0.15, -0.1) is 0 Å². The van der Waals surface area contributed by atoms with Gasteiger partial charge in [0, 0.05) is 17.0 Å². The van der Waals surface area contributed by atoms with Crippen molar-refractivity contribution in [3.05, 3.63) is 29.4 Å². The second-order valence-corrected chi connectivity index (χ2v) is 3.77. The topological polar surface area (TPSA) is 72.0 Å². The molecular formula is C11H13N3O2. The Bertz CT molecular complexity index is 485. The Kier molecular flexibility index (Phi) is 2.70. The van der Waals surface area contributed by atoms with Crippen LogP contribution >= 0.6 is 0 Å². The van der Waals surface area contributed by atoms with Gasteiger partial charge in [-0.05, 0) is 32.9 Å². The Balaban J connectivity index is 2.42. The molecule has 0 fully saturated rings. The lowest BCUT2D eigenvalue weighted by Gasteiger charge is -1.99. The van der Waals surface area contributed by atoms with Crippen molar-refractivity contribution in [3.63, 3.8) is 0 Å². The predicted molar refractivity (Wildman–Crippen MR) is 57.6 cm³/mol. The van der Waals surface area contributed by atoms with Crippen LogP contribution in [0.25, 0.3) is 11.4 Å². The molecule has 0 saturated heterocycles. The quantitative estimate of drug-likeness (QED) is 0.833. The van der Waals surface area contributed by atoms with Crippen LogP contribution < -0.4 is 0 Å². The summed E-state index contributed by atoms with van der Waals surface area (Å²) in [7, 11) is 0. The number of aliphatic hydroxyl groups excluding tert-OH is 1. The minimum absolute atomic E-state index is 0.224. The molecule has 0 aliphatic heterocycles. The van der Waals surface area contributed by atoms with Crippen LogP contribution in [0, 0.1) is 13.8 Å². The zero-order valence-corrected chi connectivity index (χ0v) is 9.43. The molecule has 1 N–H and O–H groups in total. The first-order valence-electron chi connectivity index (χ1n) is 5.03. The highest BCUT2D eigenvalue weighted by molar-refractivity contribution is 5.55. The molecule has 0 saturated carbocycles. The highest BCUT2D eigenvalue weighted by Gasteiger charge is 2.13. The molecule has 2 aromatic rings. The third-order valence-corrected chi connectivity index (χ3v) is 2.14. The zero-order valence-electron chi connectivity index (χ0n) is 9.43. The lowest BCUT2D eigenvalue weighted by atomic mass is 10.2. The van der Waals surface area contributed by atoms with Crippen LogP contribution in [0.4, 0.5) is 0 Å². The Labute approximate surface area is 93.1 Å². The van der Waals surface area contributed by atoms with Crippen molar-refractivity contribution in [2.75, 3.05) is 0 Å². The molecule has 1 unspecified atom stereocenters. The third-order valence-electron chi connectivity index (χ3n) is 2.14. The average Bonchev–Trinajstić information content (AvgIpc) is 2.64. The van der Waals surface area contributed by atoms with Crippen LogP contribution in [0.3, 0.4) is 0 Å². The summed E-state index contributed by atoms with van der Waals surface area (Å²) in [6.45, 7) is 5.40. The third kappa shape index (κ3) is 2.09. The number of nitrogens with zero attached hydrogens (tertiary/aromatic N) is 3. The van der Waals surface area contributed by atoms with Crippen LogP contribution in [-0.4, -0.2) is 20.2 Å². The summed E-state index contributed by atoms with van der Waals surface area (Å²) in [4.78, 5) is 8.37. The monoisotopic (exact) mass is 219 g/mol. The Hall–Kier alpha value is -1.75. The number of aryl methyl sites for hydroxylation is 2. The van der Waals surface area contributed by atoms with E-state index in [1.54, 1.807) is 6.92 Å². The molecule has 0 amide bonds. The number of rotatable bonds is 2. The van der Waals surface area contributed by atoms with Gasteiger partial charge in [0.2, 0.25) is 5.82 Å². The molecule has 5 nitrogen and oxygen atoms in total.